The van der Waals surface area contributed by atoms with Crippen molar-refractivity contribution in [1.29, 1.82) is 0 Å². The minimum atomic E-state index is -0.372. The number of hydrogen-bond acceptors (Lipinski definition) is 5. The Labute approximate surface area is 139 Å². The van der Waals surface area contributed by atoms with E-state index in [0.717, 1.165) is 18.4 Å². The molecule has 23 heavy (non-hydrogen) atoms. The average Bonchev–Trinajstić information content (AvgIpc) is 2.60. The lowest BCUT2D eigenvalue weighted by molar-refractivity contribution is -0.143. The number of carbonyl (C=O) groups is 2. The second kappa shape index (κ2) is 16.3. The van der Waals surface area contributed by atoms with Crippen molar-refractivity contribution in [2.24, 2.45) is 0 Å². The zero-order valence-corrected chi connectivity index (χ0v) is 15.2. The maximum atomic E-state index is 10.7. The minimum absolute atomic E-state index is 0.0403. The van der Waals surface area contributed by atoms with Gasteiger partial charge in [0.2, 0.25) is 0 Å². The van der Waals surface area contributed by atoms with Gasteiger partial charge in [-0.2, -0.15) is 0 Å². The largest absolute Gasteiger partial charge is 0.482 e. The third-order valence-electron chi connectivity index (χ3n) is 2.63. The molecule has 0 N–H and O–H groups in total. The number of hydrogen-bond donors (Lipinski definition) is 0. The molecule has 132 valence electrons. The maximum absolute atomic E-state index is 10.7. The van der Waals surface area contributed by atoms with Crippen molar-refractivity contribution in [2.75, 3.05) is 20.8 Å². The summed E-state index contributed by atoms with van der Waals surface area (Å²) in [6.07, 6.45) is 2.55. The summed E-state index contributed by atoms with van der Waals surface area (Å²) in [7, 11) is 2.75. The fraction of sp³-hybridized carbons (Fsp3) is 0.556. The minimum Gasteiger partial charge on any atom is -0.482 e. The molecule has 0 bridgehead atoms. The van der Waals surface area contributed by atoms with E-state index in [-0.39, 0.29) is 18.5 Å². The summed E-state index contributed by atoms with van der Waals surface area (Å²) in [5.41, 5.74) is 1.01. The average molecular weight is 326 g/mol. The van der Waals surface area contributed by atoms with Crippen LogP contribution in [0.1, 0.15) is 45.6 Å². The van der Waals surface area contributed by atoms with Gasteiger partial charge in [-0.1, -0.05) is 45.4 Å². The molecule has 5 heteroatoms. The Morgan fingerprint density at radius 1 is 1.00 bits per heavy atom. The predicted molar refractivity (Wildman–Crippen MR) is 91.6 cm³/mol. The van der Waals surface area contributed by atoms with E-state index < -0.39 is 0 Å². The molecule has 1 aromatic carbocycles. The van der Waals surface area contributed by atoms with Gasteiger partial charge in [-0.3, -0.25) is 4.79 Å². The van der Waals surface area contributed by atoms with E-state index in [4.69, 9.17) is 4.74 Å². The number of para-hydroxylation sites is 1. The third-order valence-corrected chi connectivity index (χ3v) is 2.63. The van der Waals surface area contributed by atoms with Crippen molar-refractivity contribution in [3.8, 4) is 5.75 Å². The van der Waals surface area contributed by atoms with Gasteiger partial charge in [-0.25, -0.2) is 4.79 Å². The number of ether oxygens (including phenoxy) is 3. The first-order valence-electron chi connectivity index (χ1n) is 7.87. The zero-order valence-electron chi connectivity index (χ0n) is 15.2. The van der Waals surface area contributed by atoms with Gasteiger partial charge in [0, 0.05) is 6.42 Å². The quantitative estimate of drug-likeness (QED) is 0.741. The van der Waals surface area contributed by atoms with Crippen LogP contribution in [0.2, 0.25) is 0 Å². The number of aryl methyl sites for hydroxylation is 1. The Morgan fingerprint density at radius 2 is 1.57 bits per heavy atom. The normalized spacial score (nSPS) is 8.61. The number of carbonyl (C=O) groups excluding carboxylic acids is 2. The Kier molecular flexibility index (Phi) is 16.5. The van der Waals surface area contributed by atoms with Gasteiger partial charge in [0.1, 0.15) is 5.75 Å². The standard InChI is InChI=1S/C10H12O3.C6H12O2.C2H6/c1-8-5-3-4-6-9(8)13-7-10(11)12-2;1-3-4-5-6(7)8-2;1-2/h3-6H,7H2,1-2H3;3-5H2,1-2H3;1-2H3. The highest BCUT2D eigenvalue weighted by Crippen LogP contribution is 2.15. The summed E-state index contributed by atoms with van der Waals surface area (Å²) in [5, 5.41) is 0. The van der Waals surface area contributed by atoms with Crippen LogP contribution in [-0.2, 0) is 19.1 Å². The van der Waals surface area contributed by atoms with Crippen LogP contribution in [0.25, 0.3) is 0 Å². The van der Waals surface area contributed by atoms with Gasteiger partial charge in [0.15, 0.2) is 6.61 Å². The summed E-state index contributed by atoms with van der Waals surface area (Å²) >= 11 is 0. The van der Waals surface area contributed by atoms with E-state index in [1.807, 2.05) is 52.0 Å². The van der Waals surface area contributed by atoms with Crippen molar-refractivity contribution in [3.63, 3.8) is 0 Å². The summed E-state index contributed by atoms with van der Waals surface area (Å²) in [4.78, 5) is 21.1. The first kappa shape index (κ1) is 23.2. The van der Waals surface area contributed by atoms with Crippen molar-refractivity contribution in [2.45, 2.75) is 47.0 Å². The van der Waals surface area contributed by atoms with Gasteiger partial charge in [0.25, 0.3) is 0 Å². The van der Waals surface area contributed by atoms with Crippen LogP contribution in [0.5, 0.6) is 5.75 Å². The molecule has 0 fully saturated rings. The van der Waals surface area contributed by atoms with Gasteiger partial charge in [-0.15, -0.1) is 0 Å². The summed E-state index contributed by atoms with van der Waals surface area (Å²) in [6, 6.07) is 7.52. The van der Waals surface area contributed by atoms with Crippen LogP contribution in [0.15, 0.2) is 24.3 Å². The highest BCUT2D eigenvalue weighted by molar-refractivity contribution is 5.70. The molecule has 0 heterocycles. The number of methoxy groups -OCH3 is 2. The van der Waals surface area contributed by atoms with Gasteiger partial charge < -0.3 is 14.2 Å². The monoisotopic (exact) mass is 326 g/mol. The van der Waals surface area contributed by atoms with E-state index in [1.165, 1.54) is 14.2 Å². The molecule has 5 nitrogen and oxygen atoms in total. The van der Waals surface area contributed by atoms with E-state index in [9.17, 15) is 9.59 Å². The molecule has 1 aromatic rings. The third kappa shape index (κ3) is 13.4. The fourth-order valence-electron chi connectivity index (χ4n) is 1.34. The first-order chi connectivity index (χ1) is 11.0. The fourth-order valence-corrected chi connectivity index (χ4v) is 1.34. The van der Waals surface area contributed by atoms with Gasteiger partial charge in [-0.05, 0) is 25.0 Å². The second-order valence-electron chi connectivity index (χ2n) is 4.31. The lowest BCUT2D eigenvalue weighted by Crippen LogP contribution is -2.12. The van der Waals surface area contributed by atoms with Crippen molar-refractivity contribution in [1.82, 2.24) is 0 Å². The molecule has 0 aliphatic heterocycles. The maximum Gasteiger partial charge on any atom is 0.343 e. The molecule has 0 saturated carbocycles. The number of benzene rings is 1. The predicted octanol–water partition coefficient (Wildman–Crippen LogP) is 3.92. The van der Waals surface area contributed by atoms with Crippen molar-refractivity contribution >= 4 is 11.9 Å². The van der Waals surface area contributed by atoms with E-state index in [2.05, 4.69) is 9.47 Å². The molecule has 0 saturated heterocycles. The van der Waals surface area contributed by atoms with E-state index >= 15 is 0 Å². The molecule has 0 aromatic heterocycles. The van der Waals surface area contributed by atoms with Crippen LogP contribution >= 0.6 is 0 Å². The van der Waals surface area contributed by atoms with Gasteiger partial charge in [0.05, 0.1) is 14.2 Å². The lowest BCUT2D eigenvalue weighted by atomic mass is 10.2. The molecular formula is C18H30O5. The van der Waals surface area contributed by atoms with Gasteiger partial charge >= 0.3 is 11.9 Å². The number of unbranched alkanes of at least 4 members (excludes halogenated alkanes) is 1. The first-order valence-corrected chi connectivity index (χ1v) is 7.87. The topological polar surface area (TPSA) is 61.8 Å². The molecule has 0 radical (unpaired) electrons. The van der Waals surface area contributed by atoms with Crippen LogP contribution in [0.4, 0.5) is 0 Å². The van der Waals surface area contributed by atoms with Crippen LogP contribution in [0.3, 0.4) is 0 Å². The van der Waals surface area contributed by atoms with Crippen molar-refractivity contribution in [3.05, 3.63) is 29.8 Å². The molecule has 0 aliphatic rings. The molecular weight excluding hydrogens is 296 g/mol. The molecule has 0 atom stereocenters. The molecule has 0 aliphatic carbocycles. The summed E-state index contributed by atoms with van der Waals surface area (Å²) in [5.74, 6) is 0.239. The Morgan fingerprint density at radius 3 is 2.04 bits per heavy atom. The highest BCUT2D eigenvalue weighted by Gasteiger charge is 2.02. The van der Waals surface area contributed by atoms with E-state index in [1.54, 1.807) is 0 Å². The van der Waals surface area contributed by atoms with Crippen molar-refractivity contribution < 1.29 is 23.8 Å². The van der Waals surface area contributed by atoms with Crippen LogP contribution in [0, 0.1) is 6.92 Å². The molecule has 1 rings (SSSR count). The number of rotatable bonds is 6. The Hall–Kier alpha value is -2.04. The lowest BCUT2D eigenvalue weighted by Gasteiger charge is -2.06. The summed E-state index contributed by atoms with van der Waals surface area (Å²) in [6.45, 7) is 7.93. The summed E-state index contributed by atoms with van der Waals surface area (Å²) < 4.78 is 14.1. The van der Waals surface area contributed by atoms with Crippen LogP contribution in [-0.4, -0.2) is 32.8 Å². The second-order valence-corrected chi connectivity index (χ2v) is 4.31. The number of esters is 2. The highest BCUT2D eigenvalue weighted by atomic mass is 16.6. The SMILES string of the molecule is CC.CCCCC(=O)OC.COC(=O)COc1ccccc1C. The van der Waals surface area contributed by atoms with E-state index in [0.29, 0.717) is 12.2 Å². The molecule has 0 unspecified atom stereocenters. The Balaban J connectivity index is 0. The van der Waals surface area contributed by atoms with Crippen LogP contribution < -0.4 is 4.74 Å². The smallest absolute Gasteiger partial charge is 0.343 e. The molecule has 0 spiro atoms. The zero-order chi connectivity index (χ0) is 18.1. The molecule has 0 amide bonds. The Bertz CT molecular complexity index is 429.